The van der Waals surface area contributed by atoms with Crippen molar-refractivity contribution in [3.05, 3.63) is 48.0 Å². The Hall–Kier alpha value is -2.45. The molecule has 0 saturated heterocycles. The van der Waals surface area contributed by atoms with Crippen LogP contribution in [-0.2, 0) is 5.75 Å². The number of nitrogens with zero attached hydrogens (tertiary/aromatic N) is 3. The van der Waals surface area contributed by atoms with E-state index in [0.29, 0.717) is 17.0 Å². The second kappa shape index (κ2) is 5.90. The highest BCUT2D eigenvalue weighted by molar-refractivity contribution is 7.98. The molecule has 0 saturated carbocycles. The molecule has 4 N–H and O–H groups in total. The molecule has 0 aliphatic carbocycles. The largest absolute Gasteiger partial charge is 0.341 e. The van der Waals surface area contributed by atoms with E-state index in [0.717, 1.165) is 16.1 Å². The van der Waals surface area contributed by atoms with E-state index in [4.69, 9.17) is 5.84 Å². The van der Waals surface area contributed by atoms with Crippen LogP contribution >= 0.6 is 11.8 Å². The molecule has 0 radical (unpaired) electrons. The topological polar surface area (TPSA) is 110 Å². The van der Waals surface area contributed by atoms with E-state index >= 15 is 0 Å². The Bertz CT molecular complexity index is 787. The van der Waals surface area contributed by atoms with Gasteiger partial charge in [0.1, 0.15) is 16.9 Å². The number of nitrogens with one attached hydrogen (secondary N) is 2. The Morgan fingerprint density at radius 1 is 1.29 bits per heavy atom. The van der Waals surface area contributed by atoms with Gasteiger partial charge < -0.3 is 4.98 Å². The summed E-state index contributed by atoms with van der Waals surface area (Å²) in [5.41, 5.74) is 5.02. The monoisotopic (exact) mass is 300 g/mol. The number of imidazole rings is 1. The molecule has 2 aromatic heterocycles. The summed E-state index contributed by atoms with van der Waals surface area (Å²) in [7, 11) is 0. The van der Waals surface area contributed by atoms with Crippen molar-refractivity contribution in [2.45, 2.75) is 10.8 Å². The van der Waals surface area contributed by atoms with Crippen LogP contribution in [0.2, 0.25) is 0 Å². The third-order valence-electron chi connectivity index (χ3n) is 2.95. The number of benzene rings is 1. The highest BCUT2D eigenvalue weighted by Gasteiger charge is 2.11. The van der Waals surface area contributed by atoms with Crippen LogP contribution < -0.4 is 11.3 Å². The molecule has 0 aliphatic rings. The third kappa shape index (κ3) is 2.71. The molecule has 1 amide bonds. The number of aromatic amines is 1. The van der Waals surface area contributed by atoms with E-state index in [-0.39, 0.29) is 5.91 Å². The quantitative estimate of drug-likeness (QED) is 0.220. The molecular formula is C13H12N6OS. The highest BCUT2D eigenvalue weighted by Crippen LogP contribution is 2.26. The predicted octanol–water partition coefficient (Wildman–Crippen LogP) is 1.25. The average Bonchev–Trinajstić information content (AvgIpc) is 3.01. The summed E-state index contributed by atoms with van der Waals surface area (Å²) in [5.74, 6) is 5.49. The highest BCUT2D eigenvalue weighted by atomic mass is 32.2. The normalized spacial score (nSPS) is 10.7. The fraction of sp³-hybridized carbons (Fsp3) is 0.0769. The molecule has 106 valence electrons. The SMILES string of the molecule is NNC(=O)c1ccccc1CSc1ncnc2nc[nH]c12. The number of amides is 1. The number of nitrogen functional groups attached to an aromatic ring is 1. The maximum Gasteiger partial charge on any atom is 0.265 e. The number of carbonyl (C=O) groups is 1. The second-order valence-electron chi connectivity index (χ2n) is 4.20. The lowest BCUT2D eigenvalue weighted by Crippen LogP contribution is -2.30. The Kier molecular flexibility index (Phi) is 3.80. The van der Waals surface area contributed by atoms with Crippen LogP contribution in [0.4, 0.5) is 0 Å². The Labute approximate surface area is 124 Å². The first-order chi connectivity index (χ1) is 10.3. The lowest BCUT2D eigenvalue weighted by Gasteiger charge is -2.07. The summed E-state index contributed by atoms with van der Waals surface area (Å²) >= 11 is 1.51. The lowest BCUT2D eigenvalue weighted by atomic mass is 10.1. The van der Waals surface area contributed by atoms with Crippen molar-refractivity contribution in [2.75, 3.05) is 0 Å². The Morgan fingerprint density at radius 3 is 3.00 bits per heavy atom. The lowest BCUT2D eigenvalue weighted by molar-refractivity contribution is 0.0953. The van der Waals surface area contributed by atoms with Gasteiger partial charge in [0.15, 0.2) is 5.65 Å². The van der Waals surface area contributed by atoms with Crippen molar-refractivity contribution >= 4 is 28.8 Å². The van der Waals surface area contributed by atoms with E-state index in [2.05, 4.69) is 25.4 Å². The minimum atomic E-state index is -0.305. The molecule has 7 nitrogen and oxygen atoms in total. The molecule has 0 atom stereocenters. The third-order valence-corrected chi connectivity index (χ3v) is 3.98. The van der Waals surface area contributed by atoms with Crippen molar-refractivity contribution < 1.29 is 4.79 Å². The molecule has 3 rings (SSSR count). The first kappa shape index (κ1) is 13.5. The van der Waals surface area contributed by atoms with Crippen LogP contribution in [0.1, 0.15) is 15.9 Å². The molecule has 8 heteroatoms. The summed E-state index contributed by atoms with van der Waals surface area (Å²) in [4.78, 5) is 27.2. The van der Waals surface area contributed by atoms with Crippen molar-refractivity contribution in [3.8, 4) is 0 Å². The summed E-state index contributed by atoms with van der Waals surface area (Å²) in [6, 6.07) is 7.32. The van der Waals surface area contributed by atoms with E-state index in [9.17, 15) is 4.79 Å². The number of aromatic nitrogens is 4. The van der Waals surface area contributed by atoms with Crippen LogP contribution in [0.25, 0.3) is 11.2 Å². The van der Waals surface area contributed by atoms with Crippen LogP contribution in [0.15, 0.2) is 41.9 Å². The van der Waals surface area contributed by atoms with Crippen molar-refractivity contribution in [3.63, 3.8) is 0 Å². The number of fused-ring (bicyclic) bond motifs is 1. The molecule has 0 spiro atoms. The van der Waals surface area contributed by atoms with Gasteiger partial charge in [-0.25, -0.2) is 20.8 Å². The molecule has 0 aliphatic heterocycles. The fourth-order valence-corrected chi connectivity index (χ4v) is 2.90. The van der Waals surface area contributed by atoms with Gasteiger partial charge in [-0.2, -0.15) is 0 Å². The standard InChI is InChI=1S/C13H12N6OS/c14-19-12(20)9-4-2-1-3-8(9)5-21-13-10-11(16-6-15-10)17-7-18-13/h1-4,6-7H,5,14H2,(H,19,20)(H,15,16,17,18). The van der Waals surface area contributed by atoms with Gasteiger partial charge in [-0.3, -0.25) is 10.2 Å². The van der Waals surface area contributed by atoms with E-state index in [1.165, 1.54) is 18.1 Å². The molecule has 0 fully saturated rings. The van der Waals surface area contributed by atoms with Gasteiger partial charge in [-0.1, -0.05) is 30.0 Å². The number of hydrogen-bond donors (Lipinski definition) is 3. The van der Waals surface area contributed by atoms with Gasteiger partial charge in [0.05, 0.1) is 6.33 Å². The molecule has 1 aromatic carbocycles. The van der Waals surface area contributed by atoms with E-state index < -0.39 is 0 Å². The second-order valence-corrected chi connectivity index (χ2v) is 5.16. The molecular weight excluding hydrogens is 288 g/mol. The summed E-state index contributed by atoms with van der Waals surface area (Å²) in [6.07, 6.45) is 3.06. The number of hydrogen-bond acceptors (Lipinski definition) is 6. The van der Waals surface area contributed by atoms with Crippen LogP contribution in [0, 0.1) is 0 Å². The molecule has 3 aromatic rings. The first-order valence-corrected chi connectivity index (χ1v) is 7.14. The Balaban J connectivity index is 1.85. The van der Waals surface area contributed by atoms with Crippen molar-refractivity contribution in [1.29, 1.82) is 0 Å². The maximum atomic E-state index is 11.7. The molecule has 0 bridgehead atoms. The smallest absolute Gasteiger partial charge is 0.265 e. The van der Waals surface area contributed by atoms with Gasteiger partial charge in [0, 0.05) is 11.3 Å². The summed E-state index contributed by atoms with van der Waals surface area (Å²) in [5, 5.41) is 0.792. The zero-order valence-electron chi connectivity index (χ0n) is 10.9. The predicted molar refractivity (Wildman–Crippen MR) is 79.3 cm³/mol. The number of H-pyrrole nitrogens is 1. The number of nitrogens with two attached hydrogens (primary N) is 1. The summed E-state index contributed by atoms with van der Waals surface area (Å²) < 4.78 is 0. The van der Waals surface area contributed by atoms with Crippen LogP contribution in [-0.4, -0.2) is 25.8 Å². The first-order valence-electron chi connectivity index (χ1n) is 6.15. The minimum Gasteiger partial charge on any atom is -0.341 e. The maximum absolute atomic E-state index is 11.7. The number of hydrazine groups is 1. The van der Waals surface area contributed by atoms with Gasteiger partial charge in [0.2, 0.25) is 0 Å². The summed E-state index contributed by atoms with van der Waals surface area (Å²) in [6.45, 7) is 0. The number of carbonyl (C=O) groups excluding carboxylic acids is 1. The van der Waals surface area contributed by atoms with Crippen molar-refractivity contribution in [1.82, 2.24) is 25.4 Å². The van der Waals surface area contributed by atoms with E-state index in [1.54, 1.807) is 18.5 Å². The van der Waals surface area contributed by atoms with Crippen molar-refractivity contribution in [2.24, 2.45) is 5.84 Å². The zero-order valence-corrected chi connectivity index (χ0v) is 11.7. The molecule has 2 heterocycles. The van der Waals surface area contributed by atoms with Crippen LogP contribution in [0.3, 0.4) is 0 Å². The zero-order chi connectivity index (χ0) is 14.7. The van der Waals surface area contributed by atoms with Gasteiger partial charge in [0.25, 0.3) is 5.91 Å². The van der Waals surface area contributed by atoms with Gasteiger partial charge >= 0.3 is 0 Å². The number of rotatable bonds is 4. The number of thioether (sulfide) groups is 1. The van der Waals surface area contributed by atoms with Gasteiger partial charge in [-0.05, 0) is 11.6 Å². The fourth-order valence-electron chi connectivity index (χ4n) is 1.94. The Morgan fingerprint density at radius 2 is 2.14 bits per heavy atom. The average molecular weight is 300 g/mol. The van der Waals surface area contributed by atoms with Crippen LogP contribution in [0.5, 0.6) is 0 Å². The molecule has 21 heavy (non-hydrogen) atoms. The van der Waals surface area contributed by atoms with E-state index in [1.807, 2.05) is 12.1 Å². The van der Waals surface area contributed by atoms with Gasteiger partial charge in [-0.15, -0.1) is 0 Å². The minimum absolute atomic E-state index is 0.305. The molecule has 0 unspecified atom stereocenters.